The van der Waals surface area contributed by atoms with E-state index in [1.807, 2.05) is 30.8 Å². The van der Waals surface area contributed by atoms with E-state index in [4.69, 9.17) is 9.97 Å². The van der Waals surface area contributed by atoms with Gasteiger partial charge in [-0.25, -0.2) is 14.4 Å². The molecule has 1 atom stereocenters. The maximum atomic E-state index is 14.0. The number of amides is 2. The number of aromatic nitrogens is 2. The number of fused-ring (bicyclic) bond motifs is 1. The van der Waals surface area contributed by atoms with Crippen LogP contribution >= 0.6 is 0 Å². The zero-order valence-corrected chi connectivity index (χ0v) is 19.0. The number of nitrogens with zero attached hydrogens (tertiary/aromatic N) is 5. The van der Waals surface area contributed by atoms with Crippen LogP contribution in [0, 0.1) is 12.7 Å². The summed E-state index contributed by atoms with van der Waals surface area (Å²) in [5, 5.41) is 0. The average molecular weight is 440 g/mol. The standard InChI is InChI=1S/C24H30FN5O2/c1-16-19-13-21(31)30(12-10-17-7-4-5-9-20(17)25)24(19)27-23(26-16)18-8-6-11-29(14-18)22(32)15-28(2)3/h4-5,7,9,18H,6,8,10-15H2,1-3H3. The average Bonchev–Trinajstić information content (AvgIpc) is 3.08. The number of rotatable bonds is 6. The third-order valence-electron chi connectivity index (χ3n) is 6.25. The van der Waals surface area contributed by atoms with E-state index in [1.54, 1.807) is 23.1 Å². The summed E-state index contributed by atoms with van der Waals surface area (Å²) in [6.45, 7) is 4.01. The summed E-state index contributed by atoms with van der Waals surface area (Å²) in [6, 6.07) is 6.64. The molecule has 3 heterocycles. The molecular formula is C24H30FN5O2. The molecule has 170 valence electrons. The van der Waals surface area contributed by atoms with E-state index in [-0.39, 0.29) is 30.0 Å². The maximum Gasteiger partial charge on any atom is 0.236 e. The van der Waals surface area contributed by atoms with Crippen LogP contribution in [-0.2, 0) is 22.4 Å². The molecule has 2 aromatic rings. The van der Waals surface area contributed by atoms with Crippen LogP contribution in [0.25, 0.3) is 0 Å². The van der Waals surface area contributed by atoms with Gasteiger partial charge in [-0.2, -0.15) is 0 Å². The van der Waals surface area contributed by atoms with Crippen LogP contribution in [-0.4, -0.2) is 71.9 Å². The Morgan fingerprint density at radius 1 is 1.25 bits per heavy atom. The van der Waals surface area contributed by atoms with Crippen molar-refractivity contribution in [2.75, 3.05) is 45.2 Å². The van der Waals surface area contributed by atoms with Gasteiger partial charge in [-0.1, -0.05) is 18.2 Å². The van der Waals surface area contributed by atoms with Crippen molar-refractivity contribution in [2.24, 2.45) is 0 Å². The molecule has 1 fully saturated rings. The third kappa shape index (κ3) is 4.65. The maximum absolute atomic E-state index is 14.0. The van der Waals surface area contributed by atoms with E-state index in [9.17, 15) is 14.0 Å². The molecule has 0 spiro atoms. The largest absolute Gasteiger partial charge is 0.341 e. The number of halogens is 1. The second-order valence-electron chi connectivity index (χ2n) is 8.95. The fourth-order valence-electron chi connectivity index (χ4n) is 4.53. The molecule has 8 heteroatoms. The van der Waals surface area contributed by atoms with Crippen LogP contribution in [0.15, 0.2) is 24.3 Å². The summed E-state index contributed by atoms with van der Waals surface area (Å²) < 4.78 is 14.0. The molecule has 2 amide bonds. The highest BCUT2D eigenvalue weighted by Gasteiger charge is 2.33. The minimum Gasteiger partial charge on any atom is -0.341 e. The van der Waals surface area contributed by atoms with Gasteiger partial charge in [0.25, 0.3) is 0 Å². The van der Waals surface area contributed by atoms with Crippen molar-refractivity contribution in [3.8, 4) is 0 Å². The predicted molar refractivity (Wildman–Crippen MR) is 120 cm³/mol. The minimum absolute atomic E-state index is 0.0303. The summed E-state index contributed by atoms with van der Waals surface area (Å²) in [6.07, 6.45) is 2.51. The quantitative estimate of drug-likeness (QED) is 0.691. The summed E-state index contributed by atoms with van der Waals surface area (Å²) in [7, 11) is 3.78. The van der Waals surface area contributed by atoms with Crippen LogP contribution in [0.5, 0.6) is 0 Å². The van der Waals surface area contributed by atoms with Gasteiger partial charge in [0.1, 0.15) is 17.5 Å². The fraction of sp³-hybridized carbons (Fsp3) is 0.500. The second-order valence-corrected chi connectivity index (χ2v) is 8.95. The zero-order chi connectivity index (χ0) is 22.8. The Hall–Kier alpha value is -2.87. The molecule has 2 aliphatic heterocycles. The smallest absolute Gasteiger partial charge is 0.236 e. The van der Waals surface area contributed by atoms with Gasteiger partial charge < -0.3 is 9.80 Å². The van der Waals surface area contributed by atoms with Crippen molar-refractivity contribution < 1.29 is 14.0 Å². The number of likely N-dealkylation sites (N-methyl/N-ethyl adjacent to an activating group) is 1. The monoisotopic (exact) mass is 439 g/mol. The highest BCUT2D eigenvalue weighted by molar-refractivity contribution is 6.00. The van der Waals surface area contributed by atoms with Crippen LogP contribution in [0.2, 0.25) is 0 Å². The molecule has 7 nitrogen and oxygen atoms in total. The van der Waals surface area contributed by atoms with E-state index in [2.05, 4.69) is 0 Å². The highest BCUT2D eigenvalue weighted by atomic mass is 19.1. The van der Waals surface area contributed by atoms with Gasteiger partial charge in [0, 0.05) is 36.8 Å². The first-order chi connectivity index (χ1) is 15.3. The lowest BCUT2D eigenvalue weighted by molar-refractivity contribution is -0.133. The Balaban J connectivity index is 1.54. The van der Waals surface area contributed by atoms with E-state index in [0.29, 0.717) is 43.3 Å². The first-order valence-electron chi connectivity index (χ1n) is 11.2. The molecule has 0 radical (unpaired) electrons. The van der Waals surface area contributed by atoms with E-state index in [0.717, 1.165) is 30.6 Å². The molecule has 0 saturated carbocycles. The van der Waals surface area contributed by atoms with Gasteiger partial charge in [-0.3, -0.25) is 14.5 Å². The van der Waals surface area contributed by atoms with Crippen molar-refractivity contribution in [3.63, 3.8) is 0 Å². The molecule has 1 aromatic carbocycles. The molecule has 4 rings (SSSR count). The molecular weight excluding hydrogens is 409 g/mol. The van der Waals surface area contributed by atoms with Gasteiger partial charge in [-0.05, 0) is 51.9 Å². The second kappa shape index (κ2) is 9.32. The highest BCUT2D eigenvalue weighted by Crippen LogP contribution is 2.33. The molecule has 2 aliphatic rings. The first kappa shape index (κ1) is 22.3. The van der Waals surface area contributed by atoms with Crippen molar-refractivity contribution >= 4 is 17.6 Å². The van der Waals surface area contributed by atoms with E-state index >= 15 is 0 Å². The fourth-order valence-corrected chi connectivity index (χ4v) is 4.53. The Morgan fingerprint density at radius 2 is 2.03 bits per heavy atom. The number of hydrogen-bond donors (Lipinski definition) is 0. The lowest BCUT2D eigenvalue weighted by Gasteiger charge is -2.33. The number of benzene rings is 1. The normalized spacial score (nSPS) is 18.4. The Labute approximate surface area is 188 Å². The topological polar surface area (TPSA) is 69.6 Å². The third-order valence-corrected chi connectivity index (χ3v) is 6.25. The lowest BCUT2D eigenvalue weighted by atomic mass is 9.96. The summed E-state index contributed by atoms with van der Waals surface area (Å²) in [5.41, 5.74) is 2.24. The summed E-state index contributed by atoms with van der Waals surface area (Å²) in [4.78, 5) is 40.2. The number of hydrogen-bond acceptors (Lipinski definition) is 5. The minimum atomic E-state index is -0.261. The number of anilines is 1. The Bertz CT molecular complexity index is 1030. The van der Waals surface area contributed by atoms with Crippen molar-refractivity contribution in [1.82, 2.24) is 19.8 Å². The van der Waals surface area contributed by atoms with Gasteiger partial charge in [0.05, 0.1) is 13.0 Å². The molecule has 1 aromatic heterocycles. The molecule has 1 saturated heterocycles. The molecule has 0 N–H and O–H groups in total. The van der Waals surface area contributed by atoms with Gasteiger partial charge in [-0.15, -0.1) is 0 Å². The number of aryl methyl sites for hydroxylation is 1. The number of piperidine rings is 1. The number of likely N-dealkylation sites (tertiary alicyclic amines) is 1. The van der Waals surface area contributed by atoms with Crippen molar-refractivity contribution in [2.45, 2.75) is 38.5 Å². The molecule has 0 bridgehead atoms. The summed E-state index contributed by atoms with van der Waals surface area (Å²) in [5.74, 6) is 1.20. The SMILES string of the molecule is Cc1nc(C2CCCN(C(=O)CN(C)C)C2)nc2c1CC(=O)N2CCc1ccccc1F. The molecule has 0 aliphatic carbocycles. The van der Waals surface area contributed by atoms with Crippen LogP contribution < -0.4 is 4.90 Å². The van der Waals surface area contributed by atoms with Crippen LogP contribution in [0.1, 0.15) is 41.4 Å². The van der Waals surface area contributed by atoms with Crippen molar-refractivity contribution in [3.05, 3.63) is 52.7 Å². The van der Waals surface area contributed by atoms with Gasteiger partial charge >= 0.3 is 0 Å². The Morgan fingerprint density at radius 3 is 2.78 bits per heavy atom. The number of carbonyl (C=O) groups excluding carboxylic acids is 2. The van der Waals surface area contributed by atoms with Crippen molar-refractivity contribution in [1.29, 1.82) is 0 Å². The zero-order valence-electron chi connectivity index (χ0n) is 19.0. The van der Waals surface area contributed by atoms with Crippen LogP contribution in [0.3, 0.4) is 0 Å². The number of carbonyl (C=O) groups is 2. The van der Waals surface area contributed by atoms with E-state index < -0.39 is 0 Å². The lowest BCUT2D eigenvalue weighted by Crippen LogP contribution is -2.43. The summed E-state index contributed by atoms with van der Waals surface area (Å²) >= 11 is 0. The van der Waals surface area contributed by atoms with Gasteiger partial charge in [0.15, 0.2) is 0 Å². The molecule has 1 unspecified atom stereocenters. The predicted octanol–water partition coefficient (Wildman–Crippen LogP) is 2.32. The Kier molecular flexibility index (Phi) is 6.50. The first-order valence-corrected chi connectivity index (χ1v) is 11.2. The van der Waals surface area contributed by atoms with E-state index in [1.165, 1.54) is 6.07 Å². The van der Waals surface area contributed by atoms with Crippen LogP contribution in [0.4, 0.5) is 10.2 Å². The van der Waals surface area contributed by atoms with Gasteiger partial charge in [0.2, 0.25) is 11.8 Å². The molecule has 32 heavy (non-hydrogen) atoms.